The summed E-state index contributed by atoms with van der Waals surface area (Å²) in [5.74, 6) is -1.10. The molecule has 0 atom stereocenters. The first-order valence-corrected chi connectivity index (χ1v) is 10.8. The predicted octanol–water partition coefficient (Wildman–Crippen LogP) is 2.23. The molecule has 1 heterocycles. The molecule has 0 saturated carbocycles. The van der Waals surface area contributed by atoms with Crippen LogP contribution < -0.4 is 30.2 Å². The van der Waals surface area contributed by atoms with Gasteiger partial charge in [0.15, 0.2) is 18.1 Å². The van der Waals surface area contributed by atoms with Gasteiger partial charge in [0.25, 0.3) is 17.7 Å². The average Bonchev–Trinajstić information content (AvgIpc) is 2.76. The molecule has 0 spiro atoms. The van der Waals surface area contributed by atoms with Crippen LogP contribution in [0.5, 0.6) is 17.2 Å². The summed E-state index contributed by atoms with van der Waals surface area (Å²) in [5.41, 5.74) is 5.61. The third-order valence-corrected chi connectivity index (χ3v) is 5.23. The average molecular weight is 565 g/mol. The first-order chi connectivity index (χ1) is 15.7. The van der Waals surface area contributed by atoms with Crippen molar-refractivity contribution >= 4 is 58.1 Å². The second kappa shape index (κ2) is 10.3. The Morgan fingerprint density at radius 3 is 2.45 bits per heavy atom. The predicted molar refractivity (Wildman–Crippen MR) is 127 cm³/mol. The fourth-order valence-corrected chi connectivity index (χ4v) is 3.80. The third kappa shape index (κ3) is 5.42. The van der Waals surface area contributed by atoms with Crippen molar-refractivity contribution in [3.8, 4) is 17.2 Å². The maximum absolute atomic E-state index is 13.1. The molecular formula is C22H20IN3O7. The summed E-state index contributed by atoms with van der Waals surface area (Å²) in [7, 11) is 1.41. The highest BCUT2D eigenvalue weighted by atomic mass is 127. The van der Waals surface area contributed by atoms with Crippen LogP contribution in [0.25, 0.3) is 6.08 Å². The molecule has 3 N–H and O–H groups in total. The topological polar surface area (TPSA) is 137 Å². The smallest absolute Gasteiger partial charge is 0.335 e. The van der Waals surface area contributed by atoms with E-state index in [0.29, 0.717) is 27.2 Å². The van der Waals surface area contributed by atoms with Gasteiger partial charge in [-0.05, 0) is 77.6 Å². The summed E-state index contributed by atoms with van der Waals surface area (Å²) < 4.78 is 16.6. The maximum Gasteiger partial charge on any atom is 0.335 e. The standard InChI is InChI=1S/C22H20IN3O7/c1-3-32-14-6-4-13(5-7-14)26-21(29)15(20(28)25-22(26)30)8-12-9-16(23)19(17(10-12)31-2)33-11-18(24)27/h4-10H,3,11H2,1-2H3,(H2,24,27)(H,25,28,30)/b15-8+. The number of urea groups is 1. The number of carbonyl (C=O) groups is 4. The molecule has 0 bridgehead atoms. The highest BCUT2D eigenvalue weighted by Crippen LogP contribution is 2.35. The summed E-state index contributed by atoms with van der Waals surface area (Å²) in [6.07, 6.45) is 1.34. The first kappa shape index (κ1) is 24.0. The van der Waals surface area contributed by atoms with Crippen LogP contribution in [0.3, 0.4) is 0 Å². The number of primary amides is 1. The zero-order chi connectivity index (χ0) is 24.1. The number of nitrogens with zero attached hydrogens (tertiary/aromatic N) is 1. The molecule has 3 rings (SSSR count). The molecule has 0 unspecified atom stereocenters. The lowest BCUT2D eigenvalue weighted by molar-refractivity contribution is -0.123. The Hall–Kier alpha value is -3.61. The van der Waals surface area contributed by atoms with E-state index in [1.165, 1.54) is 19.3 Å². The van der Waals surface area contributed by atoms with Crippen molar-refractivity contribution in [1.82, 2.24) is 5.32 Å². The van der Waals surface area contributed by atoms with Crippen LogP contribution in [0.15, 0.2) is 42.0 Å². The van der Waals surface area contributed by atoms with Gasteiger partial charge in [-0.3, -0.25) is 19.7 Å². The molecule has 172 valence electrons. The van der Waals surface area contributed by atoms with Crippen LogP contribution in [0.1, 0.15) is 12.5 Å². The summed E-state index contributed by atoms with van der Waals surface area (Å²) in [6, 6.07) is 8.65. The quantitative estimate of drug-likeness (QED) is 0.285. The van der Waals surface area contributed by atoms with Gasteiger partial charge in [0.05, 0.1) is 23.0 Å². The third-order valence-electron chi connectivity index (χ3n) is 4.43. The maximum atomic E-state index is 13.1. The van der Waals surface area contributed by atoms with Crippen LogP contribution in [0.4, 0.5) is 10.5 Å². The van der Waals surface area contributed by atoms with Crippen molar-refractivity contribution in [2.75, 3.05) is 25.2 Å². The Bertz CT molecular complexity index is 1150. The Labute approximate surface area is 202 Å². The zero-order valence-electron chi connectivity index (χ0n) is 17.7. The van der Waals surface area contributed by atoms with Gasteiger partial charge in [0, 0.05) is 0 Å². The monoisotopic (exact) mass is 565 g/mol. The fraction of sp³-hybridized carbons (Fsp3) is 0.182. The van der Waals surface area contributed by atoms with E-state index >= 15 is 0 Å². The number of anilines is 1. The number of benzene rings is 2. The van der Waals surface area contributed by atoms with Gasteiger partial charge in [-0.25, -0.2) is 9.69 Å². The largest absolute Gasteiger partial charge is 0.494 e. The van der Waals surface area contributed by atoms with Crippen molar-refractivity contribution in [1.29, 1.82) is 0 Å². The van der Waals surface area contributed by atoms with Crippen LogP contribution in [0.2, 0.25) is 0 Å². The molecule has 1 aliphatic heterocycles. The van der Waals surface area contributed by atoms with Gasteiger partial charge in [0.1, 0.15) is 11.3 Å². The van der Waals surface area contributed by atoms with E-state index in [9.17, 15) is 19.2 Å². The lowest BCUT2D eigenvalue weighted by atomic mass is 10.1. The van der Waals surface area contributed by atoms with Gasteiger partial charge >= 0.3 is 6.03 Å². The molecular weight excluding hydrogens is 545 g/mol. The molecule has 0 radical (unpaired) electrons. The molecule has 33 heavy (non-hydrogen) atoms. The minimum Gasteiger partial charge on any atom is -0.494 e. The van der Waals surface area contributed by atoms with E-state index in [-0.39, 0.29) is 23.6 Å². The Balaban J connectivity index is 1.95. The molecule has 0 aliphatic carbocycles. The second-order valence-electron chi connectivity index (χ2n) is 6.67. The Morgan fingerprint density at radius 1 is 1.15 bits per heavy atom. The van der Waals surface area contributed by atoms with Crippen LogP contribution >= 0.6 is 22.6 Å². The number of hydrogen-bond acceptors (Lipinski definition) is 7. The SMILES string of the molecule is CCOc1ccc(N2C(=O)NC(=O)/C(=C\c3cc(I)c(OCC(N)=O)c(OC)c3)C2=O)cc1. The molecule has 11 heteroatoms. The van der Waals surface area contributed by atoms with Gasteiger partial charge in [-0.2, -0.15) is 0 Å². The number of amides is 5. The van der Waals surface area contributed by atoms with E-state index in [4.69, 9.17) is 19.9 Å². The first-order valence-electron chi connectivity index (χ1n) is 9.68. The number of imide groups is 2. The molecule has 5 amide bonds. The van der Waals surface area contributed by atoms with Gasteiger partial charge in [-0.15, -0.1) is 0 Å². The zero-order valence-corrected chi connectivity index (χ0v) is 19.9. The molecule has 1 aliphatic rings. The number of hydrogen-bond donors (Lipinski definition) is 2. The molecule has 1 fully saturated rings. The second-order valence-corrected chi connectivity index (χ2v) is 7.84. The number of carbonyl (C=O) groups excluding carboxylic acids is 4. The number of methoxy groups -OCH3 is 1. The van der Waals surface area contributed by atoms with E-state index in [1.807, 2.05) is 29.5 Å². The number of halogens is 1. The molecule has 1 saturated heterocycles. The summed E-state index contributed by atoms with van der Waals surface area (Å²) in [6.45, 7) is 1.97. The number of nitrogens with one attached hydrogen (secondary N) is 1. The minimum absolute atomic E-state index is 0.243. The highest BCUT2D eigenvalue weighted by Gasteiger charge is 2.36. The van der Waals surface area contributed by atoms with Crippen LogP contribution in [-0.4, -0.2) is 44.1 Å². The molecule has 0 aromatic heterocycles. The molecule has 2 aromatic rings. The summed E-state index contributed by atoms with van der Waals surface area (Å²) >= 11 is 1.96. The van der Waals surface area contributed by atoms with Crippen LogP contribution in [-0.2, 0) is 14.4 Å². The van der Waals surface area contributed by atoms with E-state index in [1.54, 1.807) is 30.3 Å². The number of ether oxygens (including phenoxy) is 3. The molecule has 10 nitrogen and oxygen atoms in total. The van der Waals surface area contributed by atoms with Gasteiger partial charge in [-0.1, -0.05) is 0 Å². The highest BCUT2D eigenvalue weighted by molar-refractivity contribution is 14.1. The van der Waals surface area contributed by atoms with E-state index < -0.39 is 23.8 Å². The Morgan fingerprint density at radius 2 is 1.85 bits per heavy atom. The Kier molecular flexibility index (Phi) is 7.53. The van der Waals surface area contributed by atoms with Crippen molar-refractivity contribution < 1.29 is 33.4 Å². The number of barbiturate groups is 1. The van der Waals surface area contributed by atoms with E-state index in [2.05, 4.69) is 5.32 Å². The van der Waals surface area contributed by atoms with Crippen molar-refractivity contribution in [3.05, 3.63) is 51.1 Å². The van der Waals surface area contributed by atoms with Crippen molar-refractivity contribution in [3.63, 3.8) is 0 Å². The fourth-order valence-electron chi connectivity index (χ4n) is 3.02. The van der Waals surface area contributed by atoms with Crippen molar-refractivity contribution in [2.45, 2.75) is 6.92 Å². The normalized spacial score (nSPS) is 14.8. The minimum atomic E-state index is -0.853. The summed E-state index contributed by atoms with van der Waals surface area (Å²) in [5, 5.41) is 2.17. The van der Waals surface area contributed by atoms with Gasteiger partial charge < -0.3 is 19.9 Å². The number of rotatable bonds is 8. The number of nitrogens with two attached hydrogens (primary N) is 1. The lowest BCUT2D eigenvalue weighted by Gasteiger charge is -2.26. The van der Waals surface area contributed by atoms with E-state index in [0.717, 1.165) is 4.90 Å². The lowest BCUT2D eigenvalue weighted by Crippen LogP contribution is -2.54. The summed E-state index contributed by atoms with van der Waals surface area (Å²) in [4.78, 5) is 49.8. The van der Waals surface area contributed by atoms with Crippen molar-refractivity contribution in [2.24, 2.45) is 5.73 Å². The van der Waals surface area contributed by atoms with Crippen LogP contribution in [0, 0.1) is 3.57 Å². The van der Waals surface area contributed by atoms with Gasteiger partial charge in [0.2, 0.25) is 0 Å². The molecule has 2 aromatic carbocycles.